The van der Waals surface area contributed by atoms with Gasteiger partial charge in [-0.05, 0) is 49.7 Å². The van der Waals surface area contributed by atoms with Crippen LogP contribution in [0.1, 0.15) is 28.3 Å². The number of anilines is 1. The highest BCUT2D eigenvalue weighted by molar-refractivity contribution is 6.51. The molecule has 162 valence electrons. The number of ketones is 1. The summed E-state index contributed by atoms with van der Waals surface area (Å²) in [7, 11) is 1.46. The standard InChI is InChI=1S/C26H22FNO4/c1-15-6-4-7-17(12-15)23-22(24(29)20-13-16(2)10-11-21(20)32-3)25(30)26(31)28(23)19-9-5-8-18(27)14-19/h4-14,23,29H,1-3H3/b24-22+. The minimum atomic E-state index is -0.929. The molecule has 3 aromatic carbocycles. The molecule has 0 radical (unpaired) electrons. The Morgan fingerprint density at radius 1 is 0.969 bits per heavy atom. The first-order chi connectivity index (χ1) is 15.3. The van der Waals surface area contributed by atoms with Gasteiger partial charge in [0.15, 0.2) is 0 Å². The van der Waals surface area contributed by atoms with Crippen molar-refractivity contribution < 1.29 is 23.8 Å². The zero-order valence-corrected chi connectivity index (χ0v) is 17.9. The monoisotopic (exact) mass is 431 g/mol. The number of aliphatic hydroxyl groups is 1. The van der Waals surface area contributed by atoms with Crippen molar-refractivity contribution in [3.63, 3.8) is 0 Å². The van der Waals surface area contributed by atoms with Crippen LogP contribution in [0.3, 0.4) is 0 Å². The van der Waals surface area contributed by atoms with Crippen LogP contribution >= 0.6 is 0 Å². The number of benzene rings is 3. The third-order valence-electron chi connectivity index (χ3n) is 5.50. The fourth-order valence-electron chi connectivity index (χ4n) is 4.03. The van der Waals surface area contributed by atoms with Crippen LogP contribution in [0, 0.1) is 19.7 Å². The number of hydrogen-bond donors (Lipinski definition) is 1. The Balaban J connectivity index is 2.00. The van der Waals surface area contributed by atoms with Crippen LogP contribution in [0.4, 0.5) is 10.1 Å². The molecule has 0 aromatic heterocycles. The molecule has 32 heavy (non-hydrogen) atoms. The molecule has 1 unspecified atom stereocenters. The first-order valence-electron chi connectivity index (χ1n) is 10.1. The highest BCUT2D eigenvalue weighted by Crippen LogP contribution is 2.43. The molecule has 0 spiro atoms. The molecule has 1 amide bonds. The van der Waals surface area contributed by atoms with Crippen LogP contribution in [-0.4, -0.2) is 23.9 Å². The minimum Gasteiger partial charge on any atom is -0.507 e. The van der Waals surface area contributed by atoms with E-state index in [0.717, 1.165) is 11.1 Å². The maximum atomic E-state index is 14.0. The maximum absolute atomic E-state index is 14.0. The van der Waals surface area contributed by atoms with Crippen LogP contribution in [0.5, 0.6) is 5.75 Å². The largest absolute Gasteiger partial charge is 0.507 e. The quantitative estimate of drug-likeness (QED) is 0.356. The van der Waals surface area contributed by atoms with Gasteiger partial charge in [0.05, 0.1) is 24.3 Å². The second-order valence-corrected chi connectivity index (χ2v) is 7.77. The van der Waals surface area contributed by atoms with Gasteiger partial charge in [0.2, 0.25) is 0 Å². The molecule has 1 atom stereocenters. The summed E-state index contributed by atoms with van der Waals surface area (Å²) in [5, 5.41) is 11.3. The van der Waals surface area contributed by atoms with Crippen molar-refractivity contribution in [2.75, 3.05) is 12.0 Å². The van der Waals surface area contributed by atoms with Gasteiger partial charge in [-0.1, -0.05) is 47.5 Å². The van der Waals surface area contributed by atoms with E-state index in [2.05, 4.69) is 0 Å². The second kappa shape index (κ2) is 8.30. The number of nitrogens with zero attached hydrogens (tertiary/aromatic N) is 1. The Labute approximate surface area is 185 Å². The first-order valence-corrected chi connectivity index (χ1v) is 10.1. The fraction of sp³-hybridized carbons (Fsp3) is 0.154. The van der Waals surface area contributed by atoms with Gasteiger partial charge in [-0.3, -0.25) is 14.5 Å². The van der Waals surface area contributed by atoms with E-state index in [9.17, 15) is 19.1 Å². The molecule has 4 rings (SSSR count). The number of aryl methyl sites for hydroxylation is 2. The first kappa shape index (κ1) is 21.3. The smallest absolute Gasteiger partial charge is 0.300 e. The maximum Gasteiger partial charge on any atom is 0.300 e. The molecule has 0 aliphatic carbocycles. The van der Waals surface area contributed by atoms with Gasteiger partial charge in [0.25, 0.3) is 11.7 Å². The fourth-order valence-corrected chi connectivity index (χ4v) is 4.03. The molecule has 1 aliphatic heterocycles. The molecule has 6 heteroatoms. The van der Waals surface area contributed by atoms with E-state index in [1.165, 1.54) is 30.2 Å². The van der Waals surface area contributed by atoms with Crippen LogP contribution < -0.4 is 9.64 Å². The highest BCUT2D eigenvalue weighted by Gasteiger charge is 2.47. The summed E-state index contributed by atoms with van der Waals surface area (Å²) in [5.74, 6) is -2.19. The van der Waals surface area contributed by atoms with Crippen LogP contribution in [0.15, 0.2) is 72.3 Å². The number of carbonyl (C=O) groups is 2. The normalized spacial score (nSPS) is 17.6. The van der Waals surface area contributed by atoms with Crippen molar-refractivity contribution in [3.8, 4) is 5.75 Å². The Bertz CT molecular complexity index is 1260. The third-order valence-corrected chi connectivity index (χ3v) is 5.50. The lowest BCUT2D eigenvalue weighted by molar-refractivity contribution is -0.132. The summed E-state index contributed by atoms with van der Waals surface area (Å²) in [5.41, 5.74) is 2.85. The van der Waals surface area contributed by atoms with Gasteiger partial charge in [-0.25, -0.2) is 4.39 Å². The molecular weight excluding hydrogens is 409 g/mol. The lowest BCUT2D eigenvalue weighted by Gasteiger charge is -2.26. The number of methoxy groups -OCH3 is 1. The molecular formula is C26H22FNO4. The third kappa shape index (κ3) is 3.64. The topological polar surface area (TPSA) is 66.8 Å². The molecule has 0 bridgehead atoms. The summed E-state index contributed by atoms with van der Waals surface area (Å²) in [4.78, 5) is 27.6. The Kier molecular flexibility index (Phi) is 5.53. The van der Waals surface area contributed by atoms with Gasteiger partial charge < -0.3 is 9.84 Å². The predicted molar refractivity (Wildman–Crippen MR) is 120 cm³/mol. The second-order valence-electron chi connectivity index (χ2n) is 7.77. The molecule has 1 aliphatic rings. The van der Waals surface area contributed by atoms with Gasteiger partial charge in [-0.2, -0.15) is 0 Å². The van der Waals surface area contributed by atoms with Gasteiger partial charge in [0.1, 0.15) is 17.3 Å². The minimum absolute atomic E-state index is 0.0752. The van der Waals surface area contributed by atoms with E-state index in [1.807, 2.05) is 38.1 Å². The average Bonchev–Trinajstić information content (AvgIpc) is 3.04. The van der Waals surface area contributed by atoms with Crippen LogP contribution in [-0.2, 0) is 9.59 Å². The molecule has 0 saturated carbocycles. The molecule has 1 heterocycles. The summed E-state index contributed by atoms with van der Waals surface area (Å²) in [6, 6.07) is 17.1. The number of halogens is 1. The van der Waals surface area contributed by atoms with Gasteiger partial charge in [0, 0.05) is 5.69 Å². The Morgan fingerprint density at radius 3 is 2.38 bits per heavy atom. The van der Waals surface area contributed by atoms with E-state index in [4.69, 9.17) is 4.74 Å². The lowest BCUT2D eigenvalue weighted by Crippen LogP contribution is -2.29. The molecule has 1 fully saturated rings. The highest BCUT2D eigenvalue weighted by atomic mass is 19.1. The number of aliphatic hydroxyl groups excluding tert-OH is 1. The van der Waals surface area contributed by atoms with Crippen LogP contribution in [0.25, 0.3) is 5.76 Å². The number of hydrogen-bond acceptors (Lipinski definition) is 4. The van der Waals surface area contributed by atoms with Crippen molar-refractivity contribution >= 4 is 23.1 Å². The molecule has 1 N–H and O–H groups in total. The predicted octanol–water partition coefficient (Wildman–Crippen LogP) is 5.08. The zero-order chi connectivity index (χ0) is 23.0. The van der Waals surface area contributed by atoms with Crippen molar-refractivity contribution in [3.05, 3.63) is 100 Å². The molecule has 5 nitrogen and oxygen atoms in total. The van der Waals surface area contributed by atoms with E-state index >= 15 is 0 Å². The molecule has 1 saturated heterocycles. The van der Waals surface area contributed by atoms with Crippen molar-refractivity contribution in [1.29, 1.82) is 0 Å². The van der Waals surface area contributed by atoms with Crippen molar-refractivity contribution in [2.24, 2.45) is 0 Å². The molecule has 3 aromatic rings. The summed E-state index contributed by atoms with van der Waals surface area (Å²) in [6.45, 7) is 3.74. The number of carbonyl (C=O) groups excluding carboxylic acids is 2. The van der Waals surface area contributed by atoms with E-state index in [1.54, 1.807) is 24.3 Å². The Morgan fingerprint density at radius 2 is 1.69 bits per heavy atom. The summed E-state index contributed by atoms with van der Waals surface area (Å²) < 4.78 is 19.4. The van der Waals surface area contributed by atoms with Gasteiger partial charge in [-0.15, -0.1) is 0 Å². The lowest BCUT2D eigenvalue weighted by atomic mass is 9.93. The van der Waals surface area contributed by atoms with Crippen LogP contribution in [0.2, 0.25) is 0 Å². The van der Waals surface area contributed by atoms with E-state index < -0.39 is 23.5 Å². The number of ether oxygens (including phenoxy) is 1. The SMILES string of the molecule is COc1ccc(C)cc1/C(O)=C1\C(=O)C(=O)N(c2cccc(F)c2)C1c1cccc(C)c1. The van der Waals surface area contributed by atoms with Crippen molar-refractivity contribution in [2.45, 2.75) is 19.9 Å². The van der Waals surface area contributed by atoms with Gasteiger partial charge >= 0.3 is 0 Å². The summed E-state index contributed by atoms with van der Waals surface area (Å²) in [6.07, 6.45) is 0. The number of rotatable bonds is 4. The Hall–Kier alpha value is -3.93. The number of amides is 1. The zero-order valence-electron chi connectivity index (χ0n) is 17.9. The summed E-state index contributed by atoms with van der Waals surface area (Å²) >= 11 is 0. The average molecular weight is 431 g/mol. The van der Waals surface area contributed by atoms with E-state index in [-0.39, 0.29) is 17.0 Å². The van der Waals surface area contributed by atoms with Crippen molar-refractivity contribution in [1.82, 2.24) is 0 Å². The van der Waals surface area contributed by atoms with E-state index in [0.29, 0.717) is 16.9 Å². The number of Topliss-reactive ketones (excluding diaryl/α,β-unsaturated/α-hetero) is 1.